The second-order valence-electron chi connectivity index (χ2n) is 2.86. The standard InChI is InChI=1S/C8H15N/c1-3-7(2)4-8-5-9-6-8/h3,8-9H,4-6H2,1-2H3/b7-3+. The molecule has 0 aromatic heterocycles. The van der Waals surface area contributed by atoms with Gasteiger partial charge in [-0.2, -0.15) is 0 Å². The van der Waals surface area contributed by atoms with Gasteiger partial charge >= 0.3 is 0 Å². The third-order valence-electron chi connectivity index (χ3n) is 1.97. The van der Waals surface area contributed by atoms with E-state index in [1.165, 1.54) is 25.1 Å². The summed E-state index contributed by atoms with van der Waals surface area (Å²) in [6.07, 6.45) is 3.50. The van der Waals surface area contributed by atoms with E-state index in [9.17, 15) is 0 Å². The van der Waals surface area contributed by atoms with Gasteiger partial charge < -0.3 is 5.32 Å². The molecule has 1 heteroatoms. The van der Waals surface area contributed by atoms with Gasteiger partial charge in [0.1, 0.15) is 0 Å². The summed E-state index contributed by atoms with van der Waals surface area (Å²) in [5.74, 6) is 0.932. The fourth-order valence-corrected chi connectivity index (χ4v) is 1.07. The van der Waals surface area contributed by atoms with Gasteiger partial charge in [0.2, 0.25) is 0 Å². The molecule has 1 fully saturated rings. The van der Waals surface area contributed by atoms with Crippen LogP contribution >= 0.6 is 0 Å². The number of nitrogens with one attached hydrogen (secondary N) is 1. The fourth-order valence-electron chi connectivity index (χ4n) is 1.07. The van der Waals surface area contributed by atoms with Crippen molar-refractivity contribution in [3.8, 4) is 0 Å². The van der Waals surface area contributed by atoms with Crippen LogP contribution in [0.15, 0.2) is 11.6 Å². The van der Waals surface area contributed by atoms with Crippen LogP contribution in [0.5, 0.6) is 0 Å². The van der Waals surface area contributed by atoms with Gasteiger partial charge in [0.25, 0.3) is 0 Å². The van der Waals surface area contributed by atoms with E-state index in [4.69, 9.17) is 0 Å². The molecule has 1 heterocycles. The zero-order valence-electron chi connectivity index (χ0n) is 6.28. The molecule has 0 spiro atoms. The number of hydrogen-bond donors (Lipinski definition) is 1. The Morgan fingerprint density at radius 3 is 2.67 bits per heavy atom. The normalized spacial score (nSPS) is 21.8. The first kappa shape index (κ1) is 6.81. The molecule has 52 valence electrons. The quantitative estimate of drug-likeness (QED) is 0.552. The maximum absolute atomic E-state index is 3.26. The highest BCUT2D eigenvalue weighted by Crippen LogP contribution is 2.14. The minimum absolute atomic E-state index is 0.932. The van der Waals surface area contributed by atoms with Crippen molar-refractivity contribution in [3.05, 3.63) is 11.6 Å². The molecule has 0 atom stereocenters. The molecule has 1 nitrogen and oxygen atoms in total. The molecule has 1 N–H and O–H groups in total. The minimum Gasteiger partial charge on any atom is -0.316 e. The summed E-state index contributed by atoms with van der Waals surface area (Å²) in [6, 6.07) is 0. The Morgan fingerprint density at radius 2 is 2.33 bits per heavy atom. The largest absolute Gasteiger partial charge is 0.316 e. The molecule has 1 saturated heterocycles. The van der Waals surface area contributed by atoms with Crippen molar-refractivity contribution < 1.29 is 0 Å². The Balaban J connectivity index is 2.16. The van der Waals surface area contributed by atoms with Crippen molar-refractivity contribution in [1.82, 2.24) is 5.32 Å². The van der Waals surface area contributed by atoms with E-state index in [0.717, 1.165) is 5.92 Å². The second-order valence-corrected chi connectivity index (χ2v) is 2.86. The van der Waals surface area contributed by atoms with Crippen LogP contribution in [0.4, 0.5) is 0 Å². The highest BCUT2D eigenvalue weighted by Gasteiger charge is 2.15. The van der Waals surface area contributed by atoms with Crippen molar-refractivity contribution in [2.75, 3.05) is 13.1 Å². The highest BCUT2D eigenvalue weighted by atomic mass is 14.9. The zero-order chi connectivity index (χ0) is 6.69. The molecule has 0 unspecified atom stereocenters. The van der Waals surface area contributed by atoms with Crippen LogP contribution < -0.4 is 5.32 Å². The number of rotatable bonds is 2. The molecule has 0 saturated carbocycles. The lowest BCUT2D eigenvalue weighted by molar-refractivity contribution is 0.346. The van der Waals surface area contributed by atoms with E-state index in [1.54, 1.807) is 0 Å². The summed E-state index contributed by atoms with van der Waals surface area (Å²) >= 11 is 0. The Hall–Kier alpha value is -0.300. The van der Waals surface area contributed by atoms with Crippen LogP contribution in [0, 0.1) is 5.92 Å². The van der Waals surface area contributed by atoms with Gasteiger partial charge in [-0.3, -0.25) is 0 Å². The first-order valence-corrected chi connectivity index (χ1v) is 3.65. The van der Waals surface area contributed by atoms with E-state index < -0.39 is 0 Å². The third-order valence-corrected chi connectivity index (χ3v) is 1.97. The Bertz CT molecular complexity index is 112. The molecule has 0 bridgehead atoms. The van der Waals surface area contributed by atoms with Gasteiger partial charge in [-0.1, -0.05) is 11.6 Å². The van der Waals surface area contributed by atoms with Crippen molar-refractivity contribution in [3.63, 3.8) is 0 Å². The molecule has 1 aliphatic heterocycles. The maximum Gasteiger partial charge on any atom is -0.000518 e. The van der Waals surface area contributed by atoms with Gasteiger partial charge in [-0.15, -0.1) is 0 Å². The molecule has 1 aliphatic rings. The molecule has 0 amide bonds. The molecule has 9 heavy (non-hydrogen) atoms. The van der Waals surface area contributed by atoms with Gasteiger partial charge in [-0.05, 0) is 39.3 Å². The summed E-state index contributed by atoms with van der Waals surface area (Å²) in [6.45, 7) is 6.77. The lowest BCUT2D eigenvalue weighted by atomic mass is 9.95. The van der Waals surface area contributed by atoms with Crippen molar-refractivity contribution in [2.24, 2.45) is 5.92 Å². The Morgan fingerprint density at radius 1 is 1.67 bits per heavy atom. The van der Waals surface area contributed by atoms with Gasteiger partial charge in [0.15, 0.2) is 0 Å². The number of hydrogen-bond acceptors (Lipinski definition) is 1. The van der Waals surface area contributed by atoms with Crippen LogP contribution in [0.1, 0.15) is 20.3 Å². The molecule has 0 radical (unpaired) electrons. The van der Waals surface area contributed by atoms with E-state index in [1.807, 2.05) is 0 Å². The molecular formula is C8H15N. The highest BCUT2D eigenvalue weighted by molar-refractivity contribution is 4.99. The smallest absolute Gasteiger partial charge is 0.000518 e. The number of allylic oxidation sites excluding steroid dienone is 2. The Kier molecular flexibility index (Phi) is 2.29. The first-order valence-electron chi connectivity index (χ1n) is 3.65. The molecule has 0 aromatic rings. The van der Waals surface area contributed by atoms with Crippen molar-refractivity contribution >= 4 is 0 Å². The molecular weight excluding hydrogens is 110 g/mol. The summed E-state index contributed by atoms with van der Waals surface area (Å²) in [5, 5.41) is 3.26. The Labute approximate surface area is 57.1 Å². The van der Waals surface area contributed by atoms with Crippen LogP contribution in [0.25, 0.3) is 0 Å². The maximum atomic E-state index is 3.26. The lowest BCUT2D eigenvalue weighted by Gasteiger charge is -2.27. The SMILES string of the molecule is C/C=C(\C)CC1CNC1. The predicted molar refractivity (Wildman–Crippen MR) is 40.4 cm³/mol. The first-order chi connectivity index (χ1) is 4.33. The monoisotopic (exact) mass is 125 g/mol. The topological polar surface area (TPSA) is 12.0 Å². The predicted octanol–water partition coefficient (Wildman–Crippen LogP) is 1.56. The summed E-state index contributed by atoms with van der Waals surface area (Å²) in [5.41, 5.74) is 1.53. The summed E-state index contributed by atoms with van der Waals surface area (Å²) in [7, 11) is 0. The average Bonchev–Trinajstić information content (AvgIpc) is 1.78. The van der Waals surface area contributed by atoms with Crippen LogP contribution in [-0.4, -0.2) is 13.1 Å². The van der Waals surface area contributed by atoms with Crippen LogP contribution in [-0.2, 0) is 0 Å². The minimum atomic E-state index is 0.932. The van der Waals surface area contributed by atoms with Gasteiger partial charge in [-0.25, -0.2) is 0 Å². The van der Waals surface area contributed by atoms with Crippen LogP contribution in [0.3, 0.4) is 0 Å². The van der Waals surface area contributed by atoms with E-state index >= 15 is 0 Å². The summed E-state index contributed by atoms with van der Waals surface area (Å²) < 4.78 is 0. The zero-order valence-corrected chi connectivity index (χ0v) is 6.28. The lowest BCUT2D eigenvalue weighted by Crippen LogP contribution is -2.41. The second kappa shape index (κ2) is 3.02. The third kappa shape index (κ3) is 1.83. The van der Waals surface area contributed by atoms with Gasteiger partial charge in [0, 0.05) is 0 Å². The van der Waals surface area contributed by atoms with Crippen molar-refractivity contribution in [1.29, 1.82) is 0 Å². The van der Waals surface area contributed by atoms with Crippen molar-refractivity contribution in [2.45, 2.75) is 20.3 Å². The van der Waals surface area contributed by atoms with Crippen LogP contribution in [0.2, 0.25) is 0 Å². The molecule has 0 aliphatic carbocycles. The van der Waals surface area contributed by atoms with E-state index in [0.29, 0.717) is 0 Å². The van der Waals surface area contributed by atoms with E-state index in [-0.39, 0.29) is 0 Å². The average molecular weight is 125 g/mol. The van der Waals surface area contributed by atoms with Gasteiger partial charge in [0.05, 0.1) is 0 Å². The fraction of sp³-hybridized carbons (Fsp3) is 0.750. The molecule has 0 aromatic carbocycles. The van der Waals surface area contributed by atoms with E-state index in [2.05, 4.69) is 25.2 Å². The summed E-state index contributed by atoms with van der Waals surface area (Å²) in [4.78, 5) is 0. The molecule has 1 rings (SSSR count).